The molecule has 0 aromatic carbocycles. The minimum absolute atomic E-state index is 0.0410. The fourth-order valence-electron chi connectivity index (χ4n) is 3.22. The molecule has 2 aliphatic heterocycles. The van der Waals surface area contributed by atoms with Gasteiger partial charge < -0.3 is 15.4 Å². The van der Waals surface area contributed by atoms with Gasteiger partial charge in [-0.1, -0.05) is 13.8 Å². The maximum atomic E-state index is 11.5. The van der Waals surface area contributed by atoms with Crippen LogP contribution in [0.3, 0.4) is 0 Å². The van der Waals surface area contributed by atoms with E-state index in [4.69, 9.17) is 10.5 Å². The second-order valence-electron chi connectivity index (χ2n) is 5.95. The van der Waals surface area contributed by atoms with Crippen LogP contribution in [0.2, 0.25) is 0 Å². The number of hydrogen-bond donors (Lipinski definition) is 1. The summed E-state index contributed by atoms with van der Waals surface area (Å²) < 4.78 is 5.34. The Kier molecular flexibility index (Phi) is 3.73. The molecule has 2 N–H and O–H groups in total. The van der Waals surface area contributed by atoms with Crippen molar-refractivity contribution in [2.75, 3.05) is 26.2 Å². The van der Waals surface area contributed by atoms with Crippen molar-refractivity contribution >= 4 is 5.97 Å². The number of rotatable bonds is 3. The first-order chi connectivity index (χ1) is 8.05. The first-order valence-corrected chi connectivity index (χ1v) is 6.67. The highest BCUT2D eigenvalue weighted by atomic mass is 16.6. The second kappa shape index (κ2) is 4.94. The van der Waals surface area contributed by atoms with E-state index in [2.05, 4.69) is 18.7 Å². The summed E-state index contributed by atoms with van der Waals surface area (Å²) in [7, 11) is 0. The molecule has 0 saturated carbocycles. The number of piperidine rings is 1. The van der Waals surface area contributed by atoms with Gasteiger partial charge in [-0.25, -0.2) is 0 Å². The third-order valence-corrected chi connectivity index (χ3v) is 4.14. The maximum absolute atomic E-state index is 11.5. The molecule has 17 heavy (non-hydrogen) atoms. The Balaban J connectivity index is 1.95. The van der Waals surface area contributed by atoms with E-state index in [1.807, 2.05) is 0 Å². The molecule has 4 heteroatoms. The molecule has 2 heterocycles. The smallest absolute Gasteiger partial charge is 0.306 e. The zero-order chi connectivity index (χ0) is 12.5. The molecular formula is C13H24N2O2. The largest absolute Gasteiger partial charge is 0.460 e. The molecule has 0 aromatic heterocycles. The predicted molar refractivity (Wildman–Crippen MR) is 66.5 cm³/mol. The zero-order valence-electron chi connectivity index (χ0n) is 10.9. The molecule has 0 aliphatic carbocycles. The normalized spacial score (nSPS) is 28.9. The Labute approximate surface area is 103 Å². The molecule has 2 saturated heterocycles. The number of carbonyl (C=O) groups is 1. The van der Waals surface area contributed by atoms with Crippen LogP contribution in [0, 0.1) is 11.3 Å². The van der Waals surface area contributed by atoms with Gasteiger partial charge in [-0.05, 0) is 31.8 Å². The topological polar surface area (TPSA) is 55.6 Å². The standard InChI is InChI=1S/C13H24N2O2/c1-10(2)9-15-5-3-13(4-6-15)7-12(16)17-11(13)8-14/h10-11H,3-9,14H2,1-2H3. The van der Waals surface area contributed by atoms with Crippen LogP contribution < -0.4 is 5.73 Å². The molecule has 0 bridgehead atoms. The van der Waals surface area contributed by atoms with Crippen LogP contribution in [0.4, 0.5) is 0 Å². The van der Waals surface area contributed by atoms with Gasteiger partial charge in [0, 0.05) is 18.5 Å². The Morgan fingerprint density at radius 2 is 2.12 bits per heavy atom. The number of ether oxygens (including phenoxy) is 1. The summed E-state index contributed by atoms with van der Waals surface area (Å²) in [4.78, 5) is 13.9. The van der Waals surface area contributed by atoms with Crippen molar-refractivity contribution in [2.45, 2.75) is 39.2 Å². The fraction of sp³-hybridized carbons (Fsp3) is 0.923. The van der Waals surface area contributed by atoms with Gasteiger partial charge in [-0.15, -0.1) is 0 Å². The van der Waals surface area contributed by atoms with Crippen molar-refractivity contribution in [1.82, 2.24) is 4.90 Å². The number of nitrogens with two attached hydrogens (primary N) is 1. The molecule has 1 unspecified atom stereocenters. The quantitative estimate of drug-likeness (QED) is 0.748. The molecule has 2 rings (SSSR count). The summed E-state index contributed by atoms with van der Waals surface area (Å²) in [6.45, 7) is 8.26. The lowest BCUT2D eigenvalue weighted by Crippen LogP contribution is -2.47. The monoisotopic (exact) mass is 240 g/mol. The van der Waals surface area contributed by atoms with Gasteiger partial charge in [0.2, 0.25) is 0 Å². The lowest BCUT2D eigenvalue weighted by molar-refractivity contribution is -0.141. The van der Waals surface area contributed by atoms with Crippen molar-refractivity contribution in [3.8, 4) is 0 Å². The van der Waals surface area contributed by atoms with E-state index in [1.54, 1.807) is 0 Å². The predicted octanol–water partition coefficient (Wildman–Crippen LogP) is 0.999. The van der Waals surface area contributed by atoms with E-state index >= 15 is 0 Å². The van der Waals surface area contributed by atoms with Crippen molar-refractivity contribution in [3.05, 3.63) is 0 Å². The number of nitrogens with zero attached hydrogens (tertiary/aromatic N) is 1. The lowest BCUT2D eigenvalue weighted by Gasteiger charge is -2.41. The highest BCUT2D eigenvalue weighted by Gasteiger charge is 2.49. The van der Waals surface area contributed by atoms with Crippen LogP contribution >= 0.6 is 0 Å². The summed E-state index contributed by atoms with van der Waals surface area (Å²) in [5, 5.41) is 0. The molecule has 4 nitrogen and oxygen atoms in total. The second-order valence-corrected chi connectivity index (χ2v) is 5.95. The van der Waals surface area contributed by atoms with Crippen molar-refractivity contribution in [1.29, 1.82) is 0 Å². The maximum Gasteiger partial charge on any atom is 0.306 e. The van der Waals surface area contributed by atoms with E-state index in [-0.39, 0.29) is 17.5 Å². The summed E-state index contributed by atoms with van der Waals surface area (Å²) >= 11 is 0. The van der Waals surface area contributed by atoms with Crippen LogP contribution in [0.25, 0.3) is 0 Å². The van der Waals surface area contributed by atoms with Crippen LogP contribution in [-0.2, 0) is 9.53 Å². The van der Waals surface area contributed by atoms with E-state index in [0.29, 0.717) is 18.9 Å². The van der Waals surface area contributed by atoms with E-state index in [1.165, 1.54) is 0 Å². The zero-order valence-corrected chi connectivity index (χ0v) is 10.9. The van der Waals surface area contributed by atoms with Gasteiger partial charge in [0.05, 0.1) is 6.42 Å². The molecular weight excluding hydrogens is 216 g/mol. The molecule has 98 valence electrons. The first kappa shape index (κ1) is 12.8. The highest BCUT2D eigenvalue weighted by Crippen LogP contribution is 2.44. The van der Waals surface area contributed by atoms with Crippen molar-refractivity contribution < 1.29 is 9.53 Å². The summed E-state index contributed by atoms with van der Waals surface area (Å²) in [6.07, 6.45) is 2.63. The Bertz CT molecular complexity index is 283. The minimum Gasteiger partial charge on any atom is -0.460 e. The summed E-state index contributed by atoms with van der Waals surface area (Å²) in [5.41, 5.74) is 5.77. The average Bonchev–Trinajstić information content (AvgIpc) is 2.58. The van der Waals surface area contributed by atoms with Crippen molar-refractivity contribution in [2.24, 2.45) is 17.1 Å². The Morgan fingerprint density at radius 1 is 1.47 bits per heavy atom. The Morgan fingerprint density at radius 3 is 2.65 bits per heavy atom. The Hall–Kier alpha value is -0.610. The summed E-state index contributed by atoms with van der Waals surface area (Å²) in [5.74, 6) is 0.647. The minimum atomic E-state index is -0.0576. The van der Waals surface area contributed by atoms with E-state index < -0.39 is 0 Å². The van der Waals surface area contributed by atoms with Crippen LogP contribution in [-0.4, -0.2) is 43.2 Å². The van der Waals surface area contributed by atoms with Crippen LogP contribution in [0.15, 0.2) is 0 Å². The molecule has 0 amide bonds. The van der Waals surface area contributed by atoms with Crippen molar-refractivity contribution in [3.63, 3.8) is 0 Å². The SMILES string of the molecule is CC(C)CN1CCC2(CC1)CC(=O)OC2CN. The average molecular weight is 240 g/mol. The fourth-order valence-corrected chi connectivity index (χ4v) is 3.22. The molecule has 0 aromatic rings. The van der Waals surface area contributed by atoms with Gasteiger partial charge in [0.15, 0.2) is 0 Å². The van der Waals surface area contributed by atoms with Gasteiger partial charge in [0.1, 0.15) is 6.10 Å². The molecule has 1 atom stereocenters. The number of likely N-dealkylation sites (tertiary alicyclic amines) is 1. The highest BCUT2D eigenvalue weighted by molar-refractivity contribution is 5.73. The number of cyclic esters (lactones) is 1. The molecule has 0 radical (unpaired) electrons. The van der Waals surface area contributed by atoms with E-state index in [0.717, 1.165) is 32.5 Å². The molecule has 2 fully saturated rings. The molecule has 2 aliphatic rings. The number of carbonyl (C=O) groups excluding carboxylic acids is 1. The van der Waals surface area contributed by atoms with Gasteiger partial charge in [-0.3, -0.25) is 4.79 Å². The van der Waals surface area contributed by atoms with Gasteiger partial charge >= 0.3 is 5.97 Å². The van der Waals surface area contributed by atoms with E-state index in [9.17, 15) is 4.79 Å². The van der Waals surface area contributed by atoms with Gasteiger partial charge in [0.25, 0.3) is 0 Å². The lowest BCUT2D eigenvalue weighted by atomic mass is 9.73. The van der Waals surface area contributed by atoms with Crippen LogP contribution in [0.5, 0.6) is 0 Å². The summed E-state index contributed by atoms with van der Waals surface area (Å²) in [6, 6.07) is 0. The first-order valence-electron chi connectivity index (χ1n) is 6.67. The van der Waals surface area contributed by atoms with Gasteiger partial charge in [-0.2, -0.15) is 0 Å². The number of esters is 1. The van der Waals surface area contributed by atoms with Crippen LogP contribution in [0.1, 0.15) is 33.1 Å². The molecule has 1 spiro atoms. The number of hydrogen-bond acceptors (Lipinski definition) is 4. The third-order valence-electron chi connectivity index (χ3n) is 4.14. The third kappa shape index (κ3) is 2.63.